The Balaban J connectivity index is 1.34. The number of hydrogen-bond acceptors (Lipinski definition) is 11. The summed E-state index contributed by atoms with van der Waals surface area (Å²) in [5.41, 5.74) is 3.60. The van der Waals surface area contributed by atoms with Crippen LogP contribution in [0.5, 0.6) is 17.2 Å². The van der Waals surface area contributed by atoms with Crippen molar-refractivity contribution in [1.82, 2.24) is 4.90 Å². The van der Waals surface area contributed by atoms with E-state index in [1.165, 1.54) is 0 Å². The molecule has 65 heavy (non-hydrogen) atoms. The Hall–Kier alpha value is -4.85. The molecule has 2 aliphatic heterocycles. The first kappa shape index (κ1) is 46.7. The van der Waals surface area contributed by atoms with Gasteiger partial charge in [0, 0.05) is 42.4 Å². The van der Waals surface area contributed by atoms with Crippen LogP contribution in [0.3, 0.4) is 0 Å². The molecular formula is C53H64N2O9S. The molecule has 2 fully saturated rings. The lowest BCUT2D eigenvalue weighted by Crippen LogP contribution is -2.70. The molecule has 0 aromatic heterocycles. The number of nitrogens with zero attached hydrogens (tertiary/aromatic N) is 2. The maximum absolute atomic E-state index is 14.8. The molecular weight excluding hydrogens is 841 g/mol. The zero-order chi connectivity index (χ0) is 45.2. The fourth-order valence-electron chi connectivity index (χ4n) is 10.5. The molecule has 11 nitrogen and oxygen atoms in total. The Morgan fingerprint density at radius 1 is 0.969 bits per heavy atom. The summed E-state index contributed by atoms with van der Waals surface area (Å²) in [5, 5.41) is 27.2. The molecule has 1 saturated heterocycles. The van der Waals surface area contributed by atoms with Gasteiger partial charge in [-0.25, -0.2) is 4.79 Å². The molecule has 8 rings (SSSR count). The van der Waals surface area contributed by atoms with Gasteiger partial charge in [-0.1, -0.05) is 72.6 Å². The molecule has 12 heteroatoms. The largest absolute Gasteiger partial charge is 0.459 e. The summed E-state index contributed by atoms with van der Waals surface area (Å²) in [4.78, 5) is 24.0. The summed E-state index contributed by atoms with van der Waals surface area (Å²) >= 11 is 1.68. The number of aliphatic hydroxyl groups is 2. The minimum Gasteiger partial charge on any atom is -0.459 e. The summed E-state index contributed by atoms with van der Waals surface area (Å²) < 4.78 is 33.3. The Bertz CT molecular complexity index is 2290. The highest BCUT2D eigenvalue weighted by atomic mass is 32.2. The standard InChI is InChI=1S/C53H64N2O9S/c1-4-30-61-53-48(55(52(58)59-5-2)35-38-18-14-17-36-15-6-7-19-42(36)38)34-46(54-64-49-21-10-13-31-60-49)44-32-37(16-8-11-28-56)43(20-9-12-29-57)50(51(44)53)45-33-40(24-27-47(45)63-53)62-39-22-25-41(65-3)26-23-39/h4,6-7,14-15,17-19,22-27,32-33,37,43,48-51,56-57H,1,5,8-13,16,20-21,28-31,34-35H2,2-3H3. The number of carbonyl (C=O) groups excluding carboxylic acids is 1. The van der Waals surface area contributed by atoms with Gasteiger partial charge in [0.2, 0.25) is 12.1 Å². The molecule has 2 N–H and O–H groups in total. The number of hydrogen-bond donors (Lipinski definition) is 2. The number of allylic oxidation sites excluding steroid dienone is 1. The van der Waals surface area contributed by atoms with Gasteiger partial charge in [0.15, 0.2) is 0 Å². The van der Waals surface area contributed by atoms with E-state index in [9.17, 15) is 15.0 Å². The van der Waals surface area contributed by atoms with Crippen molar-refractivity contribution in [2.45, 2.75) is 107 Å². The number of benzene rings is 4. The van der Waals surface area contributed by atoms with Gasteiger partial charge >= 0.3 is 6.09 Å². The quantitative estimate of drug-likeness (QED) is 0.0383. The predicted molar refractivity (Wildman–Crippen MR) is 254 cm³/mol. The highest BCUT2D eigenvalue weighted by Gasteiger charge is 2.66. The van der Waals surface area contributed by atoms with Crippen molar-refractivity contribution in [3.8, 4) is 17.2 Å². The van der Waals surface area contributed by atoms with Crippen LogP contribution in [-0.2, 0) is 25.6 Å². The van der Waals surface area contributed by atoms with Crippen molar-refractivity contribution in [2.24, 2.45) is 22.9 Å². The average molecular weight is 905 g/mol. The highest BCUT2D eigenvalue weighted by molar-refractivity contribution is 7.98. The maximum Gasteiger partial charge on any atom is 0.410 e. The van der Waals surface area contributed by atoms with E-state index in [0.717, 1.165) is 83.1 Å². The number of ether oxygens (including phenoxy) is 5. The molecule has 1 amide bonds. The Morgan fingerprint density at radius 3 is 2.51 bits per heavy atom. The monoisotopic (exact) mass is 904 g/mol. The van der Waals surface area contributed by atoms with Gasteiger partial charge < -0.3 is 38.7 Å². The van der Waals surface area contributed by atoms with Crippen molar-refractivity contribution >= 4 is 34.3 Å². The number of unbranched alkanes of at least 4 members (excludes halogenated alkanes) is 2. The summed E-state index contributed by atoms with van der Waals surface area (Å²) in [7, 11) is 0. The molecule has 0 bridgehead atoms. The first-order valence-electron chi connectivity index (χ1n) is 23.5. The van der Waals surface area contributed by atoms with Gasteiger partial charge in [-0.15, -0.1) is 18.3 Å². The van der Waals surface area contributed by atoms with Gasteiger partial charge in [0.25, 0.3) is 0 Å². The molecule has 2 heterocycles. The number of rotatable bonds is 20. The molecule has 4 aromatic carbocycles. The van der Waals surface area contributed by atoms with Crippen molar-refractivity contribution in [2.75, 3.05) is 39.3 Å². The lowest BCUT2D eigenvalue weighted by atomic mass is 9.55. The SMILES string of the molecule is C=CCOC12Oc3ccc(Oc4ccc(SC)cc4)cc3C3C(CCCCO)C(CCCCO)C=C(C(=NOC4CCCCO4)CC1N(Cc1cccc4ccccc14)C(=O)OCC)C32. The number of aliphatic hydroxyl groups excluding tert-OH is 2. The zero-order valence-electron chi connectivity index (χ0n) is 37.8. The van der Waals surface area contributed by atoms with E-state index in [-0.39, 0.29) is 57.1 Å². The third-order valence-electron chi connectivity index (χ3n) is 13.5. The van der Waals surface area contributed by atoms with E-state index in [2.05, 4.69) is 61.4 Å². The molecule has 4 aliphatic rings. The van der Waals surface area contributed by atoms with Crippen LogP contribution in [-0.4, -0.2) is 84.3 Å². The van der Waals surface area contributed by atoms with Crippen molar-refractivity contribution in [1.29, 1.82) is 0 Å². The molecule has 0 spiro atoms. The summed E-state index contributed by atoms with van der Waals surface area (Å²) in [6, 6.07) is 27.7. The average Bonchev–Trinajstić information content (AvgIpc) is 3.34. The van der Waals surface area contributed by atoms with Gasteiger partial charge in [-0.3, -0.25) is 4.90 Å². The molecule has 4 aromatic rings. The van der Waals surface area contributed by atoms with E-state index in [1.807, 2.05) is 49.4 Å². The normalized spacial score (nSPS) is 25.2. The number of oxime groups is 1. The zero-order valence-corrected chi connectivity index (χ0v) is 38.6. The lowest BCUT2D eigenvalue weighted by molar-refractivity contribution is -0.256. The summed E-state index contributed by atoms with van der Waals surface area (Å²) in [6.45, 7) is 7.25. The second-order valence-corrected chi connectivity index (χ2v) is 18.3. The van der Waals surface area contributed by atoms with Crippen LogP contribution >= 0.6 is 11.8 Å². The van der Waals surface area contributed by atoms with E-state index in [1.54, 1.807) is 22.7 Å². The molecule has 0 radical (unpaired) electrons. The Morgan fingerprint density at radius 2 is 1.75 bits per heavy atom. The number of fused-ring (bicyclic) bond motifs is 3. The van der Waals surface area contributed by atoms with Crippen LogP contribution < -0.4 is 9.47 Å². The van der Waals surface area contributed by atoms with Gasteiger partial charge in [0.1, 0.15) is 23.3 Å². The van der Waals surface area contributed by atoms with E-state index < -0.39 is 30.1 Å². The molecule has 2 aliphatic carbocycles. The van der Waals surface area contributed by atoms with Gasteiger partial charge in [-0.2, -0.15) is 0 Å². The fraction of sp³-hybridized carbons (Fsp3) is 0.472. The van der Waals surface area contributed by atoms with Crippen LogP contribution in [0.25, 0.3) is 10.8 Å². The molecule has 7 unspecified atom stereocenters. The molecule has 346 valence electrons. The first-order valence-corrected chi connectivity index (χ1v) is 24.7. The number of amides is 1. The topological polar surface area (TPSA) is 129 Å². The summed E-state index contributed by atoms with van der Waals surface area (Å²) in [5.74, 6) is 0.0198. The second-order valence-electron chi connectivity index (χ2n) is 17.4. The van der Waals surface area contributed by atoms with Crippen molar-refractivity contribution in [3.63, 3.8) is 0 Å². The number of carbonyl (C=O) groups is 1. The third-order valence-corrected chi connectivity index (χ3v) is 14.2. The fourth-order valence-corrected chi connectivity index (χ4v) is 10.9. The molecule has 7 atom stereocenters. The minimum absolute atomic E-state index is 0.0520. The third kappa shape index (κ3) is 10.3. The second kappa shape index (κ2) is 22.1. The molecule has 1 saturated carbocycles. The van der Waals surface area contributed by atoms with Crippen LogP contribution in [0.15, 0.2) is 119 Å². The Labute approximate surface area is 387 Å². The van der Waals surface area contributed by atoms with Crippen LogP contribution in [0.1, 0.15) is 88.2 Å². The van der Waals surface area contributed by atoms with E-state index in [4.69, 9.17) is 33.7 Å². The summed E-state index contributed by atoms with van der Waals surface area (Å²) in [6.07, 6.45) is 12.7. The van der Waals surface area contributed by atoms with E-state index in [0.29, 0.717) is 36.7 Å². The van der Waals surface area contributed by atoms with Crippen molar-refractivity contribution < 1.29 is 43.5 Å². The Kier molecular flexibility index (Phi) is 15.9. The van der Waals surface area contributed by atoms with Crippen LogP contribution in [0.4, 0.5) is 4.79 Å². The first-order chi connectivity index (χ1) is 31.9. The minimum atomic E-state index is -1.45. The number of thioether (sulfide) groups is 1. The van der Waals surface area contributed by atoms with Gasteiger partial charge in [-0.05, 0) is 128 Å². The predicted octanol–water partition coefficient (Wildman–Crippen LogP) is 11.2. The lowest BCUT2D eigenvalue weighted by Gasteiger charge is -2.60. The van der Waals surface area contributed by atoms with Crippen LogP contribution in [0.2, 0.25) is 0 Å². The maximum atomic E-state index is 14.8. The van der Waals surface area contributed by atoms with E-state index >= 15 is 0 Å². The van der Waals surface area contributed by atoms with Crippen LogP contribution in [0, 0.1) is 17.8 Å². The van der Waals surface area contributed by atoms with Crippen molar-refractivity contribution in [3.05, 3.63) is 120 Å². The smallest absolute Gasteiger partial charge is 0.410 e. The highest BCUT2D eigenvalue weighted by Crippen LogP contribution is 2.62. The van der Waals surface area contributed by atoms with Gasteiger partial charge in [0.05, 0.1) is 38.0 Å².